The van der Waals surface area contributed by atoms with E-state index in [0.29, 0.717) is 24.6 Å². The maximum atomic E-state index is 13.7. The minimum atomic E-state index is -4.97. The van der Waals surface area contributed by atoms with Crippen molar-refractivity contribution in [3.05, 3.63) is 71.4 Å². The number of benzene rings is 2. The molecule has 5 rings (SSSR count). The van der Waals surface area contributed by atoms with E-state index in [4.69, 9.17) is 4.74 Å². The van der Waals surface area contributed by atoms with Gasteiger partial charge in [0.1, 0.15) is 11.4 Å². The molecule has 1 amide bonds. The number of alkyl halides is 6. The molecule has 3 aromatic rings. The standard InChI is InChI=1S/C27H23F6N5O4S/c1-16-12-22(38(36-16)18-8-6-17(7-9-18)26(28,29)30)37-14-19(13-23(37)42-24(39)35-25(15-34)10-11-25)43(40,41)21-5-3-2-4-20(21)27(31,32)33/h2-9,12,19,23H,10-11,13-14H2,1H3,(H,35,39)/t19-,23+/m1/s1. The number of hydrogen-bond donors (Lipinski definition) is 1. The number of carbonyl (C=O) groups excluding carboxylic acids is 1. The molecule has 1 aromatic heterocycles. The summed E-state index contributed by atoms with van der Waals surface area (Å²) in [6.45, 7) is 1.13. The normalized spacial score (nSPS) is 20.0. The molecule has 2 heterocycles. The highest BCUT2D eigenvalue weighted by Crippen LogP contribution is 2.40. The monoisotopic (exact) mass is 627 g/mol. The number of hydrogen-bond acceptors (Lipinski definition) is 7. The third-order valence-electron chi connectivity index (χ3n) is 7.24. The first kappa shape index (κ1) is 30.2. The van der Waals surface area contributed by atoms with Crippen LogP contribution in [0, 0.1) is 18.3 Å². The Morgan fingerprint density at radius 2 is 1.72 bits per heavy atom. The number of anilines is 1. The van der Waals surface area contributed by atoms with Crippen LogP contribution in [0.15, 0.2) is 59.5 Å². The van der Waals surface area contributed by atoms with E-state index in [1.165, 1.54) is 15.6 Å². The van der Waals surface area contributed by atoms with Gasteiger partial charge in [0.2, 0.25) is 0 Å². The van der Waals surface area contributed by atoms with E-state index in [-0.39, 0.29) is 11.5 Å². The van der Waals surface area contributed by atoms with Gasteiger partial charge >= 0.3 is 18.4 Å². The van der Waals surface area contributed by atoms with E-state index >= 15 is 0 Å². The van der Waals surface area contributed by atoms with E-state index in [9.17, 15) is 44.8 Å². The first-order valence-corrected chi connectivity index (χ1v) is 14.4. The molecular formula is C27H23F6N5O4S. The van der Waals surface area contributed by atoms with Crippen molar-refractivity contribution in [2.24, 2.45) is 0 Å². The van der Waals surface area contributed by atoms with Crippen LogP contribution < -0.4 is 10.2 Å². The van der Waals surface area contributed by atoms with Crippen molar-refractivity contribution in [2.75, 3.05) is 11.4 Å². The van der Waals surface area contributed by atoms with Gasteiger partial charge in [0.05, 0.1) is 38.7 Å². The molecule has 2 atom stereocenters. The van der Waals surface area contributed by atoms with Crippen molar-refractivity contribution < 1.29 is 44.3 Å². The predicted octanol–water partition coefficient (Wildman–Crippen LogP) is 5.38. The molecule has 0 unspecified atom stereocenters. The van der Waals surface area contributed by atoms with Gasteiger partial charge in [0, 0.05) is 19.0 Å². The topological polar surface area (TPSA) is 117 Å². The van der Waals surface area contributed by atoms with Crippen LogP contribution in [-0.2, 0) is 26.9 Å². The Hall–Kier alpha value is -4.26. The Bertz CT molecular complexity index is 1690. The molecular weight excluding hydrogens is 604 g/mol. The highest BCUT2D eigenvalue weighted by atomic mass is 32.2. The highest BCUT2D eigenvalue weighted by molar-refractivity contribution is 7.92. The SMILES string of the molecule is Cc1cc(N2C[C@H](S(=O)(=O)c3ccccc3C(F)(F)F)C[C@@H]2OC(=O)NC2(C#N)CC2)n(-c2ccc(C(F)(F)F)cc2)n1. The molecule has 1 saturated carbocycles. The maximum Gasteiger partial charge on any atom is 0.417 e. The van der Waals surface area contributed by atoms with E-state index in [2.05, 4.69) is 10.4 Å². The van der Waals surface area contributed by atoms with Gasteiger partial charge in [-0.3, -0.25) is 0 Å². The summed E-state index contributed by atoms with van der Waals surface area (Å²) >= 11 is 0. The highest BCUT2D eigenvalue weighted by Gasteiger charge is 2.49. The zero-order valence-electron chi connectivity index (χ0n) is 22.3. The molecule has 1 saturated heterocycles. The Balaban J connectivity index is 1.53. The number of aryl methyl sites for hydroxylation is 1. The number of halogens is 6. The summed E-state index contributed by atoms with van der Waals surface area (Å²) in [5.41, 5.74) is -2.86. The lowest BCUT2D eigenvalue weighted by Gasteiger charge is -2.27. The Morgan fingerprint density at radius 3 is 2.30 bits per heavy atom. The summed E-state index contributed by atoms with van der Waals surface area (Å²) in [6.07, 6.45) is -11.7. The molecule has 43 heavy (non-hydrogen) atoms. The summed E-state index contributed by atoms with van der Waals surface area (Å²) < 4.78 is 115. The van der Waals surface area contributed by atoms with Gasteiger partial charge in [0.25, 0.3) is 0 Å². The van der Waals surface area contributed by atoms with Crippen LogP contribution in [0.5, 0.6) is 0 Å². The van der Waals surface area contributed by atoms with Gasteiger partial charge in [-0.05, 0) is 56.2 Å². The molecule has 2 fully saturated rings. The molecule has 0 spiro atoms. The summed E-state index contributed by atoms with van der Waals surface area (Å²) in [4.78, 5) is 13.1. The largest absolute Gasteiger partial charge is 0.425 e. The third kappa shape index (κ3) is 5.99. The molecule has 0 radical (unpaired) electrons. The van der Waals surface area contributed by atoms with Crippen molar-refractivity contribution in [3.8, 4) is 11.8 Å². The van der Waals surface area contributed by atoms with Crippen LogP contribution in [0.3, 0.4) is 0 Å². The van der Waals surface area contributed by atoms with Crippen LogP contribution in [0.1, 0.15) is 36.1 Å². The van der Waals surface area contributed by atoms with Crippen LogP contribution in [0.2, 0.25) is 0 Å². The maximum absolute atomic E-state index is 13.7. The average Bonchev–Trinajstić information content (AvgIpc) is 3.40. The molecule has 2 aliphatic rings. The van der Waals surface area contributed by atoms with E-state index in [0.717, 1.165) is 42.5 Å². The Morgan fingerprint density at radius 1 is 1.07 bits per heavy atom. The van der Waals surface area contributed by atoms with Crippen molar-refractivity contribution >= 4 is 21.7 Å². The number of nitriles is 1. The lowest BCUT2D eigenvalue weighted by atomic mass is 10.2. The summed E-state index contributed by atoms with van der Waals surface area (Å²) in [7, 11) is -4.66. The fourth-order valence-electron chi connectivity index (χ4n) is 4.88. The number of sulfone groups is 1. The van der Waals surface area contributed by atoms with Gasteiger partial charge in [-0.1, -0.05) is 12.1 Å². The lowest BCUT2D eigenvalue weighted by molar-refractivity contribution is -0.140. The van der Waals surface area contributed by atoms with Gasteiger partial charge in [-0.25, -0.2) is 17.9 Å². The number of ether oxygens (including phenoxy) is 1. The zero-order valence-corrected chi connectivity index (χ0v) is 23.1. The molecule has 9 nitrogen and oxygen atoms in total. The molecule has 1 aliphatic heterocycles. The molecule has 2 aromatic carbocycles. The van der Waals surface area contributed by atoms with E-state index in [1.54, 1.807) is 6.92 Å². The second-order valence-electron chi connectivity index (χ2n) is 10.3. The van der Waals surface area contributed by atoms with E-state index in [1.807, 2.05) is 6.07 Å². The van der Waals surface area contributed by atoms with Gasteiger partial charge in [-0.15, -0.1) is 0 Å². The van der Waals surface area contributed by atoms with Crippen LogP contribution in [0.4, 0.5) is 37.0 Å². The molecule has 16 heteroatoms. The van der Waals surface area contributed by atoms with Gasteiger partial charge < -0.3 is 15.0 Å². The Labute approximate surface area is 241 Å². The van der Waals surface area contributed by atoms with Crippen molar-refractivity contribution in [3.63, 3.8) is 0 Å². The number of alkyl carbamates (subject to hydrolysis) is 1. The quantitative estimate of drug-likeness (QED) is 0.365. The van der Waals surface area contributed by atoms with Crippen LogP contribution in [0.25, 0.3) is 5.69 Å². The first-order valence-electron chi connectivity index (χ1n) is 12.9. The number of carbonyl (C=O) groups is 1. The summed E-state index contributed by atoms with van der Waals surface area (Å²) in [5, 5.41) is 14.6. The fourth-order valence-corrected chi connectivity index (χ4v) is 6.77. The molecule has 228 valence electrons. The van der Waals surface area contributed by atoms with Gasteiger partial charge in [-0.2, -0.15) is 36.7 Å². The average molecular weight is 628 g/mol. The first-order chi connectivity index (χ1) is 20.0. The molecule has 1 N–H and O–H groups in total. The number of amides is 1. The number of aromatic nitrogens is 2. The number of nitrogens with one attached hydrogen (secondary N) is 1. The van der Waals surface area contributed by atoms with Crippen molar-refractivity contribution in [2.45, 2.75) is 60.5 Å². The number of rotatable bonds is 6. The minimum Gasteiger partial charge on any atom is -0.425 e. The van der Waals surface area contributed by atoms with Crippen LogP contribution in [-0.4, -0.2) is 47.9 Å². The Kier molecular flexibility index (Phi) is 7.36. The second kappa shape index (κ2) is 10.5. The summed E-state index contributed by atoms with van der Waals surface area (Å²) in [5.74, 6) is 0.123. The minimum absolute atomic E-state index is 0.123. The molecule has 0 bridgehead atoms. The predicted molar refractivity (Wildman–Crippen MR) is 139 cm³/mol. The smallest absolute Gasteiger partial charge is 0.417 e. The van der Waals surface area contributed by atoms with Gasteiger partial charge in [0.15, 0.2) is 16.1 Å². The third-order valence-corrected chi connectivity index (χ3v) is 9.43. The number of nitrogens with zero attached hydrogens (tertiary/aromatic N) is 4. The molecule has 1 aliphatic carbocycles. The summed E-state index contributed by atoms with van der Waals surface area (Å²) in [6, 6.07) is 11.1. The zero-order chi connectivity index (χ0) is 31.4. The van der Waals surface area contributed by atoms with E-state index < -0.39 is 74.3 Å². The van der Waals surface area contributed by atoms with Crippen molar-refractivity contribution in [1.82, 2.24) is 15.1 Å². The second-order valence-corrected chi connectivity index (χ2v) is 12.5. The van der Waals surface area contributed by atoms with Crippen LogP contribution >= 0.6 is 0 Å². The van der Waals surface area contributed by atoms with Crippen molar-refractivity contribution in [1.29, 1.82) is 5.26 Å². The fraction of sp³-hybridized carbons (Fsp3) is 0.370. The lowest BCUT2D eigenvalue weighted by Crippen LogP contribution is -2.42.